The summed E-state index contributed by atoms with van der Waals surface area (Å²) in [5.41, 5.74) is 1.91. The van der Waals surface area contributed by atoms with E-state index in [4.69, 9.17) is 14.2 Å². The van der Waals surface area contributed by atoms with Gasteiger partial charge in [0.25, 0.3) is 0 Å². The van der Waals surface area contributed by atoms with E-state index >= 15 is 0 Å². The van der Waals surface area contributed by atoms with E-state index in [0.717, 1.165) is 18.0 Å². The Bertz CT molecular complexity index is 1240. The average Bonchev–Trinajstić information content (AvgIpc) is 2.76. The topological polar surface area (TPSA) is 124 Å². The number of aryl methyl sites for hydroxylation is 1. The number of benzene rings is 2. The van der Waals surface area contributed by atoms with Crippen LogP contribution in [-0.2, 0) is 10.0 Å². The Kier molecular flexibility index (Phi) is 7.07. The van der Waals surface area contributed by atoms with Crippen LogP contribution in [0.4, 0.5) is 33.2 Å². The van der Waals surface area contributed by atoms with E-state index < -0.39 is 15.8 Å². The number of hydrogen-bond donors (Lipinski definition) is 3. The van der Waals surface area contributed by atoms with Gasteiger partial charge in [0.15, 0.2) is 23.1 Å². The minimum Gasteiger partial charge on any atom is -0.493 e. The highest BCUT2D eigenvalue weighted by Crippen LogP contribution is 2.40. The second-order valence-electron chi connectivity index (χ2n) is 6.98. The van der Waals surface area contributed by atoms with Gasteiger partial charge in [0.1, 0.15) is 0 Å². The molecule has 0 radical (unpaired) electrons. The number of halogens is 1. The lowest BCUT2D eigenvalue weighted by Gasteiger charge is -2.16. The Morgan fingerprint density at radius 2 is 1.61 bits per heavy atom. The smallest absolute Gasteiger partial charge is 0.229 e. The molecule has 3 rings (SSSR count). The molecule has 0 bridgehead atoms. The third kappa shape index (κ3) is 5.92. The van der Waals surface area contributed by atoms with E-state index in [9.17, 15) is 12.8 Å². The molecule has 10 nitrogen and oxygen atoms in total. The Morgan fingerprint density at radius 3 is 2.18 bits per heavy atom. The number of ether oxygens (including phenoxy) is 3. The standard InChI is InChI=1S/C21H24FN5O5S/c1-12-6-7-15(16(8-12)27-33(5,28)29)25-20-14(22)11-23-21(26-20)24-13-9-17(30-2)19(32-4)18(10-13)31-3/h6-11,27H,1-5H3,(H2,23,24,25,26). The van der Waals surface area contributed by atoms with Gasteiger partial charge < -0.3 is 24.8 Å². The van der Waals surface area contributed by atoms with Gasteiger partial charge >= 0.3 is 0 Å². The van der Waals surface area contributed by atoms with Gasteiger partial charge in [-0.15, -0.1) is 0 Å². The van der Waals surface area contributed by atoms with E-state index in [0.29, 0.717) is 28.6 Å². The maximum Gasteiger partial charge on any atom is 0.229 e. The number of sulfonamides is 1. The SMILES string of the molecule is COc1cc(Nc2ncc(F)c(Nc3ccc(C)cc3NS(C)(=O)=O)n2)cc(OC)c1OC. The number of nitrogens with zero attached hydrogens (tertiary/aromatic N) is 2. The molecular weight excluding hydrogens is 453 g/mol. The summed E-state index contributed by atoms with van der Waals surface area (Å²) in [7, 11) is 0.918. The molecule has 0 spiro atoms. The Morgan fingerprint density at radius 1 is 0.939 bits per heavy atom. The van der Waals surface area contributed by atoms with Crippen LogP contribution in [0.25, 0.3) is 0 Å². The van der Waals surface area contributed by atoms with Crippen LogP contribution in [0.15, 0.2) is 36.5 Å². The molecule has 0 aliphatic rings. The lowest BCUT2D eigenvalue weighted by molar-refractivity contribution is 0.324. The lowest BCUT2D eigenvalue weighted by atomic mass is 10.2. The molecule has 0 amide bonds. The van der Waals surface area contributed by atoms with E-state index in [1.807, 2.05) is 6.92 Å². The van der Waals surface area contributed by atoms with Crippen LogP contribution in [-0.4, -0.2) is 46.0 Å². The van der Waals surface area contributed by atoms with E-state index in [-0.39, 0.29) is 17.5 Å². The Hall–Kier alpha value is -3.80. The first-order valence-corrected chi connectivity index (χ1v) is 11.5. The molecule has 0 saturated carbocycles. The molecule has 0 atom stereocenters. The van der Waals surface area contributed by atoms with E-state index in [1.165, 1.54) is 21.3 Å². The van der Waals surface area contributed by atoms with Gasteiger partial charge in [0, 0.05) is 17.8 Å². The van der Waals surface area contributed by atoms with Crippen LogP contribution in [0, 0.1) is 12.7 Å². The Balaban J connectivity index is 1.93. The minimum absolute atomic E-state index is 0.0814. The molecule has 33 heavy (non-hydrogen) atoms. The minimum atomic E-state index is -3.55. The number of hydrogen-bond acceptors (Lipinski definition) is 9. The number of aromatic nitrogens is 2. The molecular formula is C21H24FN5O5S. The van der Waals surface area contributed by atoms with Crippen LogP contribution in [0.3, 0.4) is 0 Å². The predicted molar refractivity (Wildman–Crippen MR) is 124 cm³/mol. The van der Waals surface area contributed by atoms with Crippen molar-refractivity contribution in [2.75, 3.05) is 42.9 Å². The van der Waals surface area contributed by atoms with Crippen LogP contribution in [0.1, 0.15) is 5.56 Å². The summed E-state index contributed by atoms with van der Waals surface area (Å²) in [6.07, 6.45) is 2.03. The van der Waals surface area contributed by atoms with Crippen molar-refractivity contribution in [1.29, 1.82) is 0 Å². The van der Waals surface area contributed by atoms with E-state index in [2.05, 4.69) is 25.3 Å². The maximum absolute atomic E-state index is 14.5. The van der Waals surface area contributed by atoms with Gasteiger partial charge in [0.05, 0.1) is 45.2 Å². The number of anilines is 5. The highest BCUT2D eigenvalue weighted by molar-refractivity contribution is 7.92. The quantitative estimate of drug-likeness (QED) is 0.422. The zero-order valence-corrected chi connectivity index (χ0v) is 19.5. The summed E-state index contributed by atoms with van der Waals surface area (Å²) in [5.74, 6) is 0.444. The van der Waals surface area contributed by atoms with Crippen LogP contribution < -0.4 is 29.6 Å². The molecule has 12 heteroatoms. The number of rotatable bonds is 9. The first-order chi connectivity index (χ1) is 15.6. The normalized spacial score (nSPS) is 11.0. The highest BCUT2D eigenvalue weighted by Gasteiger charge is 2.16. The van der Waals surface area contributed by atoms with Crippen molar-refractivity contribution < 1.29 is 27.0 Å². The van der Waals surface area contributed by atoms with Crippen LogP contribution in [0.2, 0.25) is 0 Å². The first kappa shape index (κ1) is 23.9. The molecule has 3 N–H and O–H groups in total. The van der Waals surface area contributed by atoms with Gasteiger partial charge in [0.2, 0.25) is 21.7 Å². The predicted octanol–water partition coefficient (Wildman–Crippen LogP) is 3.81. The van der Waals surface area contributed by atoms with Crippen molar-refractivity contribution in [3.8, 4) is 17.2 Å². The second-order valence-corrected chi connectivity index (χ2v) is 8.73. The third-order valence-corrected chi connectivity index (χ3v) is 4.98. The highest BCUT2D eigenvalue weighted by atomic mass is 32.2. The molecule has 176 valence electrons. The van der Waals surface area contributed by atoms with Crippen LogP contribution in [0.5, 0.6) is 17.2 Å². The number of nitrogens with one attached hydrogen (secondary N) is 3. The largest absolute Gasteiger partial charge is 0.493 e. The summed E-state index contributed by atoms with van der Waals surface area (Å²) in [5, 5.41) is 5.78. The van der Waals surface area contributed by atoms with Crippen molar-refractivity contribution in [2.45, 2.75) is 6.92 Å². The van der Waals surface area contributed by atoms with Crippen molar-refractivity contribution in [2.24, 2.45) is 0 Å². The van der Waals surface area contributed by atoms with Gasteiger partial charge in [-0.3, -0.25) is 4.72 Å². The fraction of sp³-hybridized carbons (Fsp3) is 0.238. The number of methoxy groups -OCH3 is 3. The average molecular weight is 478 g/mol. The second kappa shape index (κ2) is 9.77. The summed E-state index contributed by atoms with van der Waals surface area (Å²) < 4.78 is 56.3. The summed E-state index contributed by atoms with van der Waals surface area (Å²) in [6, 6.07) is 8.29. The monoisotopic (exact) mass is 477 g/mol. The zero-order chi connectivity index (χ0) is 24.2. The summed E-state index contributed by atoms with van der Waals surface area (Å²) in [6.45, 7) is 1.81. The summed E-state index contributed by atoms with van der Waals surface area (Å²) in [4.78, 5) is 8.14. The van der Waals surface area contributed by atoms with Gasteiger partial charge in [-0.2, -0.15) is 4.98 Å². The molecule has 2 aromatic carbocycles. The molecule has 1 aromatic heterocycles. The molecule has 3 aromatic rings. The van der Waals surface area contributed by atoms with Crippen molar-refractivity contribution in [1.82, 2.24) is 9.97 Å². The summed E-state index contributed by atoms with van der Waals surface area (Å²) >= 11 is 0. The first-order valence-electron chi connectivity index (χ1n) is 9.58. The molecule has 0 aliphatic heterocycles. The Labute approximate surface area is 191 Å². The van der Waals surface area contributed by atoms with Gasteiger partial charge in [-0.05, 0) is 24.6 Å². The van der Waals surface area contributed by atoms with Gasteiger partial charge in [-0.25, -0.2) is 17.8 Å². The molecule has 0 saturated heterocycles. The fourth-order valence-corrected chi connectivity index (χ4v) is 3.54. The molecule has 1 heterocycles. The molecule has 0 fully saturated rings. The third-order valence-electron chi connectivity index (χ3n) is 4.39. The van der Waals surface area contributed by atoms with Crippen molar-refractivity contribution in [3.05, 3.63) is 47.9 Å². The van der Waals surface area contributed by atoms with Crippen molar-refractivity contribution in [3.63, 3.8) is 0 Å². The zero-order valence-electron chi connectivity index (χ0n) is 18.7. The van der Waals surface area contributed by atoms with Crippen molar-refractivity contribution >= 4 is 38.9 Å². The van der Waals surface area contributed by atoms with Gasteiger partial charge in [-0.1, -0.05) is 6.07 Å². The molecule has 0 aliphatic carbocycles. The van der Waals surface area contributed by atoms with Crippen LogP contribution >= 0.6 is 0 Å². The fourth-order valence-electron chi connectivity index (χ4n) is 2.98. The molecule has 0 unspecified atom stereocenters. The van der Waals surface area contributed by atoms with E-state index in [1.54, 1.807) is 30.3 Å². The maximum atomic E-state index is 14.5. The lowest BCUT2D eigenvalue weighted by Crippen LogP contribution is -2.12.